The maximum absolute atomic E-state index is 12.9. The minimum absolute atomic E-state index is 0.0398. The van der Waals surface area contributed by atoms with E-state index in [4.69, 9.17) is 5.11 Å². The molecule has 0 bridgehead atoms. The Kier molecular flexibility index (Phi) is 4.98. The molecule has 3 fully saturated rings. The lowest BCUT2D eigenvalue weighted by atomic mass is 9.47. The zero-order valence-electron chi connectivity index (χ0n) is 17.3. The number of nitrogens with one attached hydrogen (secondary N) is 1. The van der Waals surface area contributed by atoms with E-state index in [9.17, 15) is 14.7 Å². The second kappa shape index (κ2) is 6.94. The van der Waals surface area contributed by atoms with Crippen molar-refractivity contribution >= 4 is 11.7 Å². The quantitative estimate of drug-likeness (QED) is 0.510. The molecule has 0 aliphatic heterocycles. The molecule has 0 radical (unpaired) electrons. The standard InChI is InChI=1S/C23H35NO4/c1-21-9-6-16(26)14-15(21)4-5-17-18(21)7-10-22(2)19(17)8-11-23(22,28)20(27)24-12-3-13-25/h4,17-19,25,28H,3,5-14H2,1-2H3,(H,24,27)/t17?,18?,19?,21?,22?,23-/m0/s1. The van der Waals surface area contributed by atoms with E-state index in [2.05, 4.69) is 25.2 Å². The number of aliphatic hydroxyl groups is 2. The van der Waals surface area contributed by atoms with Crippen LogP contribution in [0.2, 0.25) is 0 Å². The number of aliphatic hydroxyl groups excluding tert-OH is 1. The van der Waals surface area contributed by atoms with Crippen LogP contribution in [0.25, 0.3) is 0 Å². The maximum Gasteiger partial charge on any atom is 0.252 e. The lowest BCUT2D eigenvalue weighted by Gasteiger charge is -2.58. The Morgan fingerprint density at radius 3 is 2.71 bits per heavy atom. The summed E-state index contributed by atoms with van der Waals surface area (Å²) in [6.45, 7) is 4.92. The van der Waals surface area contributed by atoms with Gasteiger partial charge in [0.2, 0.25) is 0 Å². The Labute approximate surface area is 168 Å². The predicted molar refractivity (Wildman–Crippen MR) is 106 cm³/mol. The zero-order chi connectivity index (χ0) is 20.2. The maximum atomic E-state index is 12.9. The smallest absolute Gasteiger partial charge is 0.252 e. The topological polar surface area (TPSA) is 86.6 Å². The second-order valence-corrected chi connectivity index (χ2v) is 10.2. The van der Waals surface area contributed by atoms with Crippen molar-refractivity contribution in [2.45, 2.75) is 77.2 Å². The largest absolute Gasteiger partial charge is 0.396 e. The first-order chi connectivity index (χ1) is 13.3. The lowest BCUT2D eigenvalue weighted by Crippen LogP contribution is -2.60. The van der Waals surface area contributed by atoms with Crippen LogP contribution < -0.4 is 5.32 Å². The van der Waals surface area contributed by atoms with Gasteiger partial charge in [0, 0.05) is 31.4 Å². The van der Waals surface area contributed by atoms with Gasteiger partial charge in [-0.25, -0.2) is 0 Å². The summed E-state index contributed by atoms with van der Waals surface area (Å²) in [6.07, 6.45) is 9.37. The highest BCUT2D eigenvalue weighted by atomic mass is 16.3. The minimum Gasteiger partial charge on any atom is -0.396 e. The Hall–Kier alpha value is -1.20. The van der Waals surface area contributed by atoms with Crippen LogP contribution in [0, 0.1) is 28.6 Å². The molecule has 4 rings (SSSR count). The van der Waals surface area contributed by atoms with Crippen molar-refractivity contribution < 1.29 is 19.8 Å². The fourth-order valence-electron chi connectivity index (χ4n) is 7.29. The molecule has 0 aromatic carbocycles. The van der Waals surface area contributed by atoms with E-state index in [1.54, 1.807) is 0 Å². The van der Waals surface area contributed by atoms with E-state index in [0.717, 1.165) is 32.1 Å². The highest BCUT2D eigenvalue weighted by molar-refractivity contribution is 5.86. The first-order valence-corrected chi connectivity index (χ1v) is 11.1. The van der Waals surface area contributed by atoms with E-state index in [1.807, 2.05) is 0 Å². The Balaban J connectivity index is 1.58. The number of fused-ring (bicyclic) bond motifs is 5. The first kappa shape index (κ1) is 20.1. The third-order valence-electron chi connectivity index (χ3n) is 9.08. The molecular weight excluding hydrogens is 354 g/mol. The van der Waals surface area contributed by atoms with Gasteiger partial charge < -0.3 is 15.5 Å². The third kappa shape index (κ3) is 2.72. The van der Waals surface area contributed by atoms with Crippen molar-refractivity contribution in [2.75, 3.05) is 13.2 Å². The summed E-state index contributed by atoms with van der Waals surface area (Å²) < 4.78 is 0. The molecule has 5 unspecified atom stereocenters. The van der Waals surface area contributed by atoms with Gasteiger partial charge in [-0.2, -0.15) is 0 Å². The summed E-state index contributed by atoms with van der Waals surface area (Å²) in [5, 5.41) is 23.3. The molecule has 156 valence electrons. The summed E-state index contributed by atoms with van der Waals surface area (Å²) in [4.78, 5) is 24.9. The summed E-state index contributed by atoms with van der Waals surface area (Å²) in [7, 11) is 0. The average Bonchev–Trinajstić information content (AvgIpc) is 2.95. The zero-order valence-corrected chi connectivity index (χ0v) is 17.3. The monoisotopic (exact) mass is 389 g/mol. The number of allylic oxidation sites excluding steroid dienone is 2. The minimum atomic E-state index is -1.31. The van der Waals surface area contributed by atoms with Gasteiger partial charge >= 0.3 is 0 Å². The predicted octanol–water partition coefficient (Wildman–Crippen LogP) is 2.75. The number of carbonyl (C=O) groups excluding carboxylic acids is 2. The molecule has 0 saturated heterocycles. The number of hydrogen-bond donors (Lipinski definition) is 3. The molecule has 4 aliphatic carbocycles. The summed E-state index contributed by atoms with van der Waals surface area (Å²) >= 11 is 0. The molecule has 5 nitrogen and oxygen atoms in total. The van der Waals surface area contributed by atoms with Crippen molar-refractivity contribution in [1.82, 2.24) is 5.32 Å². The fraction of sp³-hybridized carbons (Fsp3) is 0.826. The van der Waals surface area contributed by atoms with E-state index >= 15 is 0 Å². The number of amides is 1. The van der Waals surface area contributed by atoms with Crippen molar-refractivity contribution in [1.29, 1.82) is 0 Å². The van der Waals surface area contributed by atoms with E-state index in [1.165, 1.54) is 5.57 Å². The van der Waals surface area contributed by atoms with E-state index < -0.39 is 11.0 Å². The molecule has 6 atom stereocenters. The van der Waals surface area contributed by atoms with Crippen LogP contribution in [0.15, 0.2) is 11.6 Å². The molecule has 3 N–H and O–H groups in total. The molecule has 1 amide bonds. The molecule has 28 heavy (non-hydrogen) atoms. The molecular formula is C23H35NO4. The summed E-state index contributed by atoms with van der Waals surface area (Å²) in [5.41, 5.74) is -0.249. The summed E-state index contributed by atoms with van der Waals surface area (Å²) in [5.74, 6) is 1.49. The van der Waals surface area contributed by atoms with Crippen LogP contribution in [-0.4, -0.2) is 40.7 Å². The van der Waals surface area contributed by atoms with Gasteiger partial charge in [0.15, 0.2) is 0 Å². The number of Topliss-reactive ketones (excluding diaryl/α,β-unsaturated/α-hetero) is 1. The van der Waals surface area contributed by atoms with E-state index in [0.29, 0.717) is 55.8 Å². The van der Waals surface area contributed by atoms with Gasteiger partial charge in [0.1, 0.15) is 11.4 Å². The second-order valence-electron chi connectivity index (χ2n) is 10.2. The van der Waals surface area contributed by atoms with Gasteiger partial charge in [0.05, 0.1) is 0 Å². The SMILES string of the molecule is CC12CCC(=O)CC1=CCC1C2CCC2(C)C1CC[C@]2(O)C(=O)NCCCO. The molecule has 3 saturated carbocycles. The molecule has 4 aliphatic rings. The number of hydrogen-bond acceptors (Lipinski definition) is 4. The molecule has 0 aromatic rings. The van der Waals surface area contributed by atoms with Crippen LogP contribution in [0.3, 0.4) is 0 Å². The fourth-order valence-corrected chi connectivity index (χ4v) is 7.29. The Bertz CT molecular complexity index is 703. The van der Waals surface area contributed by atoms with Crippen molar-refractivity contribution in [3.8, 4) is 0 Å². The normalized spacial score (nSPS) is 44.9. The number of ketones is 1. The highest BCUT2D eigenvalue weighted by Gasteiger charge is 2.66. The van der Waals surface area contributed by atoms with Crippen molar-refractivity contribution in [2.24, 2.45) is 28.6 Å². The molecule has 5 heteroatoms. The van der Waals surface area contributed by atoms with Crippen molar-refractivity contribution in [3.05, 3.63) is 11.6 Å². The van der Waals surface area contributed by atoms with Crippen LogP contribution in [0.4, 0.5) is 0 Å². The third-order valence-corrected chi connectivity index (χ3v) is 9.08. The number of rotatable bonds is 4. The average molecular weight is 390 g/mol. The van der Waals surface area contributed by atoms with Gasteiger partial charge in [0.25, 0.3) is 5.91 Å². The van der Waals surface area contributed by atoms with Crippen LogP contribution in [-0.2, 0) is 9.59 Å². The number of carbonyl (C=O) groups is 2. The first-order valence-electron chi connectivity index (χ1n) is 11.1. The lowest BCUT2D eigenvalue weighted by molar-refractivity contribution is -0.163. The summed E-state index contributed by atoms with van der Waals surface area (Å²) in [6, 6.07) is 0. The Morgan fingerprint density at radius 2 is 1.96 bits per heavy atom. The van der Waals surface area contributed by atoms with Gasteiger partial charge in [-0.15, -0.1) is 0 Å². The Morgan fingerprint density at radius 1 is 1.21 bits per heavy atom. The molecule has 0 spiro atoms. The molecule has 0 aromatic heterocycles. The van der Waals surface area contributed by atoms with E-state index in [-0.39, 0.29) is 17.9 Å². The van der Waals surface area contributed by atoms with Crippen LogP contribution >= 0.6 is 0 Å². The van der Waals surface area contributed by atoms with Crippen LogP contribution in [0.5, 0.6) is 0 Å². The van der Waals surface area contributed by atoms with Crippen LogP contribution in [0.1, 0.15) is 71.6 Å². The van der Waals surface area contributed by atoms with Gasteiger partial charge in [-0.3, -0.25) is 9.59 Å². The van der Waals surface area contributed by atoms with Gasteiger partial charge in [-0.1, -0.05) is 25.5 Å². The molecule has 0 heterocycles. The highest BCUT2D eigenvalue weighted by Crippen LogP contribution is 2.66. The van der Waals surface area contributed by atoms with Crippen molar-refractivity contribution in [3.63, 3.8) is 0 Å². The van der Waals surface area contributed by atoms with Gasteiger partial charge in [-0.05, 0) is 68.1 Å².